The maximum atomic E-state index is 12.0. The summed E-state index contributed by atoms with van der Waals surface area (Å²) in [5.74, 6) is -0.102. The first-order valence-electron chi connectivity index (χ1n) is 6.05. The van der Waals surface area contributed by atoms with E-state index in [0.717, 1.165) is 19.6 Å². The van der Waals surface area contributed by atoms with Gasteiger partial charge < -0.3 is 10.6 Å². The average Bonchev–Trinajstić information content (AvgIpc) is 2.67. The second-order valence-corrected chi connectivity index (χ2v) is 5.19. The van der Waals surface area contributed by atoms with Crippen molar-refractivity contribution < 1.29 is 9.59 Å². The Bertz CT molecular complexity index is 329. The number of piperazine rings is 1. The SMILES string of the molecule is CC1(C)CNCCN1CC(=O)N1CCNC1=O. The highest BCUT2D eigenvalue weighted by Crippen LogP contribution is 2.16. The summed E-state index contributed by atoms with van der Waals surface area (Å²) in [6, 6.07) is -0.261. The van der Waals surface area contributed by atoms with Crippen molar-refractivity contribution in [2.45, 2.75) is 19.4 Å². The lowest BCUT2D eigenvalue weighted by molar-refractivity contribution is -0.130. The highest BCUT2D eigenvalue weighted by Gasteiger charge is 2.34. The highest BCUT2D eigenvalue weighted by atomic mass is 16.2. The van der Waals surface area contributed by atoms with Gasteiger partial charge in [0.2, 0.25) is 5.91 Å². The van der Waals surface area contributed by atoms with Crippen LogP contribution in [-0.4, -0.2) is 66.5 Å². The first-order chi connectivity index (χ1) is 8.00. The van der Waals surface area contributed by atoms with Gasteiger partial charge in [0.05, 0.1) is 6.54 Å². The Morgan fingerprint density at radius 2 is 2.12 bits per heavy atom. The molecule has 0 radical (unpaired) electrons. The van der Waals surface area contributed by atoms with Crippen molar-refractivity contribution in [1.82, 2.24) is 20.4 Å². The summed E-state index contributed by atoms with van der Waals surface area (Å²) in [4.78, 5) is 26.8. The van der Waals surface area contributed by atoms with Crippen LogP contribution in [0.15, 0.2) is 0 Å². The lowest BCUT2D eigenvalue weighted by Crippen LogP contribution is -2.60. The third-order valence-electron chi connectivity index (χ3n) is 3.46. The molecule has 0 saturated carbocycles. The highest BCUT2D eigenvalue weighted by molar-refractivity contribution is 5.96. The van der Waals surface area contributed by atoms with E-state index in [4.69, 9.17) is 0 Å². The number of rotatable bonds is 2. The smallest absolute Gasteiger partial charge is 0.324 e. The van der Waals surface area contributed by atoms with E-state index in [1.54, 1.807) is 0 Å². The van der Waals surface area contributed by atoms with Crippen LogP contribution in [0.2, 0.25) is 0 Å². The van der Waals surface area contributed by atoms with Gasteiger partial charge in [-0.2, -0.15) is 0 Å². The topological polar surface area (TPSA) is 64.7 Å². The summed E-state index contributed by atoms with van der Waals surface area (Å²) in [6.45, 7) is 8.19. The predicted octanol–water partition coefficient (Wildman–Crippen LogP) is -0.778. The van der Waals surface area contributed by atoms with Crippen molar-refractivity contribution in [3.8, 4) is 0 Å². The fourth-order valence-electron chi connectivity index (χ4n) is 2.27. The molecule has 0 unspecified atom stereocenters. The van der Waals surface area contributed by atoms with E-state index in [-0.39, 0.29) is 17.5 Å². The van der Waals surface area contributed by atoms with Crippen LogP contribution in [0.25, 0.3) is 0 Å². The number of amides is 3. The molecule has 2 aliphatic heterocycles. The number of carbonyl (C=O) groups excluding carboxylic acids is 2. The van der Waals surface area contributed by atoms with Crippen LogP contribution in [0.1, 0.15) is 13.8 Å². The van der Waals surface area contributed by atoms with Crippen molar-refractivity contribution in [3.05, 3.63) is 0 Å². The fraction of sp³-hybridized carbons (Fsp3) is 0.818. The van der Waals surface area contributed by atoms with Crippen LogP contribution in [0.3, 0.4) is 0 Å². The Hall–Kier alpha value is -1.14. The minimum atomic E-state index is -0.261. The molecule has 2 saturated heterocycles. The normalized spacial score (nSPS) is 24.8. The lowest BCUT2D eigenvalue weighted by Gasteiger charge is -2.42. The third-order valence-corrected chi connectivity index (χ3v) is 3.46. The van der Waals surface area contributed by atoms with Gasteiger partial charge in [-0.15, -0.1) is 0 Å². The summed E-state index contributed by atoms with van der Waals surface area (Å²) in [7, 11) is 0. The standard InChI is InChI=1S/C11H20N4O2/c1-11(2)8-12-3-5-14(11)7-9(16)15-6-4-13-10(15)17/h12H,3-8H2,1-2H3,(H,13,17). The van der Waals surface area contributed by atoms with Gasteiger partial charge in [0.25, 0.3) is 0 Å². The molecule has 0 spiro atoms. The molecule has 6 nitrogen and oxygen atoms in total. The molecule has 2 aliphatic rings. The summed E-state index contributed by atoms with van der Waals surface area (Å²) >= 11 is 0. The van der Waals surface area contributed by atoms with Crippen LogP contribution < -0.4 is 10.6 Å². The number of nitrogens with zero attached hydrogens (tertiary/aromatic N) is 2. The number of hydrogen-bond donors (Lipinski definition) is 2. The average molecular weight is 240 g/mol. The maximum absolute atomic E-state index is 12.0. The summed E-state index contributed by atoms with van der Waals surface area (Å²) in [5.41, 5.74) is -0.0376. The van der Waals surface area contributed by atoms with E-state index in [1.165, 1.54) is 4.90 Å². The number of imide groups is 1. The zero-order chi connectivity index (χ0) is 12.5. The molecule has 2 N–H and O–H groups in total. The molecule has 3 amide bonds. The van der Waals surface area contributed by atoms with E-state index in [1.807, 2.05) is 0 Å². The zero-order valence-corrected chi connectivity index (χ0v) is 10.5. The van der Waals surface area contributed by atoms with Gasteiger partial charge in [-0.05, 0) is 13.8 Å². The Morgan fingerprint density at radius 1 is 1.35 bits per heavy atom. The second-order valence-electron chi connectivity index (χ2n) is 5.19. The van der Waals surface area contributed by atoms with E-state index in [2.05, 4.69) is 29.4 Å². The van der Waals surface area contributed by atoms with Crippen LogP contribution >= 0.6 is 0 Å². The van der Waals surface area contributed by atoms with E-state index >= 15 is 0 Å². The largest absolute Gasteiger partial charge is 0.336 e. The molecular formula is C11H20N4O2. The molecule has 0 bridgehead atoms. The number of hydrogen-bond acceptors (Lipinski definition) is 4. The van der Waals surface area contributed by atoms with Gasteiger partial charge in [0, 0.05) is 38.3 Å². The first-order valence-corrected chi connectivity index (χ1v) is 6.05. The molecule has 2 fully saturated rings. The van der Waals surface area contributed by atoms with E-state index in [9.17, 15) is 9.59 Å². The zero-order valence-electron chi connectivity index (χ0n) is 10.5. The molecule has 0 aromatic rings. The van der Waals surface area contributed by atoms with Gasteiger partial charge >= 0.3 is 6.03 Å². The number of nitrogens with one attached hydrogen (secondary N) is 2. The van der Waals surface area contributed by atoms with Crippen molar-refractivity contribution in [3.63, 3.8) is 0 Å². The van der Waals surface area contributed by atoms with Crippen molar-refractivity contribution >= 4 is 11.9 Å². The van der Waals surface area contributed by atoms with Gasteiger partial charge in [0.1, 0.15) is 0 Å². The van der Waals surface area contributed by atoms with Crippen LogP contribution in [0, 0.1) is 0 Å². The van der Waals surface area contributed by atoms with Crippen molar-refractivity contribution in [1.29, 1.82) is 0 Å². The monoisotopic (exact) mass is 240 g/mol. The molecule has 0 aliphatic carbocycles. The molecule has 96 valence electrons. The molecule has 17 heavy (non-hydrogen) atoms. The van der Waals surface area contributed by atoms with Crippen LogP contribution in [0.5, 0.6) is 0 Å². The molecule has 6 heteroatoms. The minimum absolute atomic E-state index is 0.0376. The van der Waals surface area contributed by atoms with Gasteiger partial charge in [-0.25, -0.2) is 4.79 Å². The maximum Gasteiger partial charge on any atom is 0.324 e. The van der Waals surface area contributed by atoms with E-state index in [0.29, 0.717) is 19.6 Å². The molecule has 0 aromatic heterocycles. The quantitative estimate of drug-likeness (QED) is 0.665. The fourth-order valence-corrected chi connectivity index (χ4v) is 2.27. The molecule has 2 heterocycles. The predicted molar refractivity (Wildman–Crippen MR) is 63.6 cm³/mol. The number of carbonyl (C=O) groups is 2. The van der Waals surface area contributed by atoms with Crippen LogP contribution in [-0.2, 0) is 4.79 Å². The number of urea groups is 1. The van der Waals surface area contributed by atoms with Gasteiger partial charge in [-0.1, -0.05) is 0 Å². The summed E-state index contributed by atoms with van der Waals surface area (Å²) in [6.07, 6.45) is 0. The second kappa shape index (κ2) is 4.62. The van der Waals surface area contributed by atoms with Crippen LogP contribution in [0.4, 0.5) is 4.79 Å². The molecular weight excluding hydrogens is 220 g/mol. The van der Waals surface area contributed by atoms with E-state index < -0.39 is 0 Å². The Kier molecular flexibility index (Phi) is 3.35. The molecule has 0 atom stereocenters. The van der Waals surface area contributed by atoms with Gasteiger partial charge in [0.15, 0.2) is 0 Å². The minimum Gasteiger partial charge on any atom is -0.336 e. The summed E-state index contributed by atoms with van der Waals surface area (Å²) < 4.78 is 0. The molecule has 0 aromatic carbocycles. The van der Waals surface area contributed by atoms with Crippen molar-refractivity contribution in [2.24, 2.45) is 0 Å². The Balaban J connectivity index is 1.95. The molecule has 2 rings (SSSR count). The third kappa shape index (κ3) is 2.58. The first kappa shape index (κ1) is 12.3. The van der Waals surface area contributed by atoms with Gasteiger partial charge in [-0.3, -0.25) is 14.6 Å². The Labute approximate surface area is 101 Å². The Morgan fingerprint density at radius 3 is 2.71 bits per heavy atom. The lowest BCUT2D eigenvalue weighted by atomic mass is 10.0. The van der Waals surface area contributed by atoms with Crippen molar-refractivity contribution in [2.75, 3.05) is 39.3 Å². The summed E-state index contributed by atoms with van der Waals surface area (Å²) in [5, 5.41) is 5.95.